The molecule has 0 spiro atoms. The monoisotopic (exact) mass is 271 g/mol. The fraction of sp³-hybridized carbons (Fsp3) is 0.417. The Bertz CT molecular complexity index is 565. The SMILES string of the molecule is Cc1ccc(S(=O)(=O)N(C)C(C)C(=O)O)c(C)c1. The number of aryl methyl sites for hydroxylation is 2. The van der Waals surface area contributed by atoms with Crippen LogP contribution in [-0.2, 0) is 14.8 Å². The number of carbonyl (C=O) groups is 1. The summed E-state index contributed by atoms with van der Waals surface area (Å²) < 4.78 is 25.4. The first kappa shape index (κ1) is 14.7. The topological polar surface area (TPSA) is 74.7 Å². The molecule has 0 bridgehead atoms. The van der Waals surface area contributed by atoms with Crippen LogP contribution in [0, 0.1) is 13.8 Å². The molecule has 1 aromatic carbocycles. The van der Waals surface area contributed by atoms with Crippen molar-refractivity contribution in [3.63, 3.8) is 0 Å². The summed E-state index contributed by atoms with van der Waals surface area (Å²) in [6, 6.07) is 3.85. The first-order valence-corrected chi connectivity index (χ1v) is 6.90. The molecule has 0 fully saturated rings. The van der Waals surface area contributed by atoms with Crippen molar-refractivity contribution in [2.45, 2.75) is 31.7 Å². The van der Waals surface area contributed by atoms with Crippen molar-refractivity contribution in [3.8, 4) is 0 Å². The summed E-state index contributed by atoms with van der Waals surface area (Å²) in [5, 5.41) is 8.87. The number of aliphatic carboxylic acids is 1. The van der Waals surface area contributed by atoms with E-state index in [4.69, 9.17) is 5.11 Å². The summed E-state index contributed by atoms with van der Waals surface area (Å²) in [6.45, 7) is 4.90. The Morgan fingerprint density at radius 3 is 2.33 bits per heavy atom. The van der Waals surface area contributed by atoms with Crippen LogP contribution in [0.1, 0.15) is 18.1 Å². The molecule has 1 atom stereocenters. The summed E-state index contributed by atoms with van der Waals surface area (Å²) in [5.41, 5.74) is 1.57. The molecule has 0 amide bonds. The maximum atomic E-state index is 12.3. The van der Waals surface area contributed by atoms with E-state index in [2.05, 4.69) is 0 Å². The highest BCUT2D eigenvalue weighted by Gasteiger charge is 2.30. The van der Waals surface area contributed by atoms with Crippen LogP contribution in [0.4, 0.5) is 0 Å². The van der Waals surface area contributed by atoms with E-state index in [0.29, 0.717) is 5.56 Å². The number of sulfonamides is 1. The van der Waals surface area contributed by atoms with E-state index in [9.17, 15) is 13.2 Å². The van der Waals surface area contributed by atoms with Gasteiger partial charge in [0.15, 0.2) is 0 Å². The van der Waals surface area contributed by atoms with E-state index in [0.717, 1.165) is 9.87 Å². The van der Waals surface area contributed by atoms with Crippen molar-refractivity contribution in [2.75, 3.05) is 7.05 Å². The van der Waals surface area contributed by atoms with Crippen molar-refractivity contribution in [1.29, 1.82) is 0 Å². The second-order valence-corrected chi connectivity index (χ2v) is 6.27. The van der Waals surface area contributed by atoms with Gasteiger partial charge in [-0.1, -0.05) is 17.7 Å². The molecule has 0 aliphatic rings. The third kappa shape index (κ3) is 2.70. The van der Waals surface area contributed by atoms with E-state index in [1.54, 1.807) is 19.1 Å². The van der Waals surface area contributed by atoms with Gasteiger partial charge in [-0.25, -0.2) is 8.42 Å². The van der Waals surface area contributed by atoms with Gasteiger partial charge in [-0.2, -0.15) is 4.31 Å². The Hall–Kier alpha value is -1.40. The summed E-state index contributed by atoms with van der Waals surface area (Å²) in [5.74, 6) is -1.18. The fourth-order valence-electron chi connectivity index (χ4n) is 1.61. The van der Waals surface area contributed by atoms with Gasteiger partial charge in [-0.15, -0.1) is 0 Å². The van der Waals surface area contributed by atoms with Crippen LogP contribution < -0.4 is 0 Å². The molecule has 1 unspecified atom stereocenters. The second kappa shape index (κ2) is 5.07. The van der Waals surface area contributed by atoms with Gasteiger partial charge in [0.2, 0.25) is 10.0 Å². The maximum Gasteiger partial charge on any atom is 0.321 e. The van der Waals surface area contributed by atoms with Crippen molar-refractivity contribution < 1.29 is 18.3 Å². The number of hydrogen-bond acceptors (Lipinski definition) is 3. The number of likely N-dealkylation sites (N-methyl/N-ethyl adjacent to an activating group) is 1. The smallest absolute Gasteiger partial charge is 0.321 e. The molecule has 1 N–H and O–H groups in total. The van der Waals surface area contributed by atoms with Gasteiger partial charge in [-0.05, 0) is 32.4 Å². The van der Waals surface area contributed by atoms with Gasteiger partial charge in [0.25, 0.3) is 0 Å². The van der Waals surface area contributed by atoms with Crippen LogP contribution in [0.2, 0.25) is 0 Å². The molecule has 6 heteroatoms. The highest BCUT2D eigenvalue weighted by molar-refractivity contribution is 7.89. The molecule has 1 rings (SSSR count). The predicted octanol–water partition coefficient (Wildman–Crippen LogP) is 1.40. The average Bonchev–Trinajstić information content (AvgIpc) is 2.26. The molecule has 0 radical (unpaired) electrons. The van der Waals surface area contributed by atoms with E-state index < -0.39 is 22.0 Å². The van der Waals surface area contributed by atoms with Gasteiger partial charge < -0.3 is 5.11 Å². The second-order valence-electron chi connectivity index (χ2n) is 4.30. The number of nitrogens with zero attached hydrogens (tertiary/aromatic N) is 1. The van der Waals surface area contributed by atoms with Crippen LogP contribution in [0.3, 0.4) is 0 Å². The quantitative estimate of drug-likeness (QED) is 0.898. The van der Waals surface area contributed by atoms with Crippen LogP contribution >= 0.6 is 0 Å². The lowest BCUT2D eigenvalue weighted by atomic mass is 10.2. The summed E-state index contributed by atoms with van der Waals surface area (Å²) >= 11 is 0. The predicted molar refractivity (Wildman–Crippen MR) is 68.0 cm³/mol. The molecule has 0 aliphatic heterocycles. The standard InChI is InChI=1S/C12H17NO4S/c1-8-5-6-11(9(2)7-8)18(16,17)13(4)10(3)12(14)15/h5-7,10H,1-4H3,(H,14,15). The first-order valence-electron chi connectivity index (χ1n) is 5.46. The van der Waals surface area contributed by atoms with E-state index in [1.807, 2.05) is 6.92 Å². The number of hydrogen-bond donors (Lipinski definition) is 1. The largest absolute Gasteiger partial charge is 0.480 e. The highest BCUT2D eigenvalue weighted by Crippen LogP contribution is 2.21. The lowest BCUT2D eigenvalue weighted by molar-refractivity contribution is -0.140. The highest BCUT2D eigenvalue weighted by atomic mass is 32.2. The maximum absolute atomic E-state index is 12.3. The summed E-state index contributed by atoms with van der Waals surface area (Å²) in [7, 11) is -2.51. The van der Waals surface area contributed by atoms with E-state index in [-0.39, 0.29) is 4.90 Å². The Balaban J connectivity index is 3.25. The number of carboxylic acids is 1. The lowest BCUT2D eigenvalue weighted by Crippen LogP contribution is -2.40. The molecule has 1 aromatic rings. The van der Waals surface area contributed by atoms with Gasteiger partial charge in [0, 0.05) is 7.05 Å². The Morgan fingerprint density at radius 1 is 1.33 bits per heavy atom. The molecule has 0 saturated heterocycles. The van der Waals surface area contributed by atoms with Crippen molar-refractivity contribution >= 4 is 16.0 Å². The molecule has 0 saturated carbocycles. The van der Waals surface area contributed by atoms with E-state index >= 15 is 0 Å². The van der Waals surface area contributed by atoms with Crippen LogP contribution in [0.15, 0.2) is 23.1 Å². The molecule has 18 heavy (non-hydrogen) atoms. The molecular weight excluding hydrogens is 254 g/mol. The Morgan fingerprint density at radius 2 is 1.89 bits per heavy atom. The average molecular weight is 271 g/mol. The minimum absolute atomic E-state index is 0.142. The van der Waals surface area contributed by atoms with Crippen LogP contribution in [0.25, 0.3) is 0 Å². The van der Waals surface area contributed by atoms with Crippen molar-refractivity contribution in [1.82, 2.24) is 4.31 Å². The van der Waals surface area contributed by atoms with Gasteiger partial charge in [0.05, 0.1) is 4.90 Å². The summed E-state index contributed by atoms with van der Waals surface area (Å²) in [4.78, 5) is 11.0. The molecule has 0 aliphatic carbocycles. The minimum Gasteiger partial charge on any atom is -0.480 e. The molecular formula is C12H17NO4S. The molecule has 0 aromatic heterocycles. The first-order chi connectivity index (χ1) is 8.17. The van der Waals surface area contributed by atoms with Gasteiger partial charge >= 0.3 is 5.97 Å². The third-order valence-corrected chi connectivity index (χ3v) is 4.98. The molecule has 100 valence electrons. The van der Waals surface area contributed by atoms with Crippen molar-refractivity contribution in [2.24, 2.45) is 0 Å². The molecule has 5 nitrogen and oxygen atoms in total. The van der Waals surface area contributed by atoms with Crippen LogP contribution in [-0.4, -0.2) is 36.9 Å². The Kier molecular flexibility index (Phi) is 4.13. The van der Waals surface area contributed by atoms with Crippen molar-refractivity contribution in [3.05, 3.63) is 29.3 Å². The zero-order chi connectivity index (χ0) is 14.1. The fourth-order valence-corrected chi connectivity index (χ4v) is 3.13. The van der Waals surface area contributed by atoms with Gasteiger partial charge in [0.1, 0.15) is 6.04 Å². The number of benzene rings is 1. The lowest BCUT2D eigenvalue weighted by Gasteiger charge is -2.22. The number of rotatable bonds is 4. The molecule has 0 heterocycles. The Labute approximate surface area is 107 Å². The number of carboxylic acid groups (broad SMARTS) is 1. The minimum atomic E-state index is -3.78. The normalized spacial score (nSPS) is 13.6. The zero-order valence-corrected chi connectivity index (χ0v) is 11.7. The zero-order valence-electron chi connectivity index (χ0n) is 10.8. The van der Waals surface area contributed by atoms with Crippen LogP contribution in [0.5, 0.6) is 0 Å². The summed E-state index contributed by atoms with van der Waals surface area (Å²) in [6.07, 6.45) is 0. The van der Waals surface area contributed by atoms with E-state index in [1.165, 1.54) is 20.0 Å². The van der Waals surface area contributed by atoms with Gasteiger partial charge in [-0.3, -0.25) is 4.79 Å². The third-order valence-electron chi connectivity index (χ3n) is 2.89.